The van der Waals surface area contributed by atoms with Gasteiger partial charge >= 0.3 is 0 Å². The van der Waals surface area contributed by atoms with Gasteiger partial charge in [0.25, 0.3) is 0 Å². The van der Waals surface area contributed by atoms with Crippen LogP contribution in [0.4, 0.5) is 5.69 Å². The van der Waals surface area contributed by atoms with Crippen molar-refractivity contribution in [3.63, 3.8) is 0 Å². The van der Waals surface area contributed by atoms with Crippen molar-refractivity contribution in [3.8, 4) is 51.3 Å². The van der Waals surface area contributed by atoms with Crippen molar-refractivity contribution in [2.75, 3.05) is 33.2 Å². The molecule has 6 heteroatoms. The summed E-state index contributed by atoms with van der Waals surface area (Å²) in [5, 5.41) is 10.2. The van der Waals surface area contributed by atoms with E-state index in [0.717, 1.165) is 22.5 Å². The Morgan fingerprint density at radius 3 is 1.97 bits per heavy atom. The molecule has 0 saturated heterocycles. The highest BCUT2D eigenvalue weighted by Crippen LogP contribution is 2.42. The molecule has 1 heterocycles. The molecule has 0 fully saturated rings. The van der Waals surface area contributed by atoms with Gasteiger partial charge in [-0.25, -0.2) is 4.98 Å². The van der Waals surface area contributed by atoms with Crippen molar-refractivity contribution < 1.29 is 19.0 Å². The van der Waals surface area contributed by atoms with Crippen LogP contribution in [0.2, 0.25) is 0 Å². The van der Waals surface area contributed by atoms with Gasteiger partial charge in [0.2, 0.25) is 11.6 Å². The maximum Gasteiger partial charge on any atom is 0.227 e. The summed E-state index contributed by atoms with van der Waals surface area (Å²) < 4.78 is 16.8. The average Bonchev–Trinajstić information content (AvgIpc) is 3.25. The molecule has 4 aromatic rings. The van der Waals surface area contributed by atoms with Crippen LogP contribution in [-0.2, 0) is 0 Å². The van der Waals surface area contributed by atoms with Crippen molar-refractivity contribution >= 4 is 5.69 Å². The molecule has 6 nitrogen and oxygen atoms in total. The minimum Gasteiger partial charge on any atom is -0.502 e. The minimum atomic E-state index is -0.0666. The number of ether oxygens (including phenoxy) is 2. The second kappa shape index (κ2) is 8.44. The van der Waals surface area contributed by atoms with Crippen LogP contribution in [0.3, 0.4) is 0 Å². The number of methoxy groups -OCH3 is 2. The van der Waals surface area contributed by atoms with Crippen molar-refractivity contribution in [1.29, 1.82) is 0 Å². The average molecular weight is 416 g/mol. The van der Waals surface area contributed by atoms with E-state index in [4.69, 9.17) is 18.9 Å². The topological polar surface area (TPSA) is 68.0 Å². The number of phenols is 1. The van der Waals surface area contributed by atoms with Crippen LogP contribution < -0.4 is 14.4 Å². The third-order valence-electron chi connectivity index (χ3n) is 5.05. The Labute approximate surface area is 181 Å². The number of rotatable bonds is 6. The van der Waals surface area contributed by atoms with Crippen LogP contribution in [0.5, 0.6) is 17.2 Å². The molecule has 0 aliphatic carbocycles. The van der Waals surface area contributed by atoms with Gasteiger partial charge in [0.05, 0.1) is 14.2 Å². The van der Waals surface area contributed by atoms with Gasteiger partial charge in [0.1, 0.15) is 5.69 Å². The summed E-state index contributed by atoms with van der Waals surface area (Å²) in [7, 11) is 6.98. The first-order chi connectivity index (χ1) is 15.0. The Morgan fingerprint density at radius 1 is 0.806 bits per heavy atom. The normalized spacial score (nSPS) is 10.7. The smallest absolute Gasteiger partial charge is 0.227 e. The van der Waals surface area contributed by atoms with Crippen molar-refractivity contribution in [1.82, 2.24) is 4.98 Å². The van der Waals surface area contributed by atoms with E-state index in [9.17, 15) is 5.11 Å². The standard InChI is InChI=1S/C25H24N2O4/c1-27(2)19-12-10-16(11-13-19)22-24(17-8-6-5-7-9-17)31-25(26-22)18-14-20(29-3)23(28)21(15-18)30-4/h5-15,28H,1-4H3. The van der Waals surface area contributed by atoms with E-state index in [1.165, 1.54) is 14.2 Å². The number of nitrogens with zero attached hydrogens (tertiary/aromatic N) is 2. The molecule has 0 amide bonds. The molecular formula is C25H24N2O4. The van der Waals surface area contributed by atoms with E-state index >= 15 is 0 Å². The number of hydrogen-bond donors (Lipinski definition) is 1. The predicted molar refractivity (Wildman–Crippen MR) is 122 cm³/mol. The molecule has 0 bridgehead atoms. The summed E-state index contributed by atoms with van der Waals surface area (Å²) in [5.74, 6) is 1.57. The van der Waals surface area contributed by atoms with Gasteiger partial charge in [-0.2, -0.15) is 0 Å². The molecule has 0 unspecified atom stereocenters. The fourth-order valence-corrected chi connectivity index (χ4v) is 3.36. The molecule has 1 aromatic heterocycles. The van der Waals surface area contributed by atoms with Gasteiger partial charge < -0.3 is 23.9 Å². The van der Waals surface area contributed by atoms with Crippen LogP contribution in [0.15, 0.2) is 71.1 Å². The Bertz CT molecular complexity index is 1160. The van der Waals surface area contributed by atoms with Gasteiger partial charge in [-0.1, -0.05) is 42.5 Å². The first-order valence-corrected chi connectivity index (χ1v) is 9.81. The molecule has 31 heavy (non-hydrogen) atoms. The summed E-state index contributed by atoms with van der Waals surface area (Å²) in [4.78, 5) is 6.86. The number of aromatic nitrogens is 1. The fraction of sp³-hybridized carbons (Fsp3) is 0.160. The van der Waals surface area contributed by atoms with E-state index in [-0.39, 0.29) is 17.2 Å². The van der Waals surface area contributed by atoms with Gasteiger partial charge in [-0.3, -0.25) is 0 Å². The number of hydrogen-bond acceptors (Lipinski definition) is 6. The van der Waals surface area contributed by atoms with Crippen LogP contribution >= 0.6 is 0 Å². The number of benzene rings is 3. The van der Waals surface area contributed by atoms with Crippen molar-refractivity contribution in [2.24, 2.45) is 0 Å². The lowest BCUT2D eigenvalue weighted by atomic mass is 10.1. The number of phenolic OH excluding ortho intramolecular Hbond substituents is 1. The molecular weight excluding hydrogens is 392 g/mol. The lowest BCUT2D eigenvalue weighted by molar-refractivity contribution is 0.340. The summed E-state index contributed by atoms with van der Waals surface area (Å²) in [6.07, 6.45) is 0. The SMILES string of the molecule is COc1cc(-c2nc(-c3ccc(N(C)C)cc3)c(-c3ccccc3)o2)cc(OC)c1O. The van der Waals surface area contributed by atoms with E-state index < -0.39 is 0 Å². The molecule has 4 rings (SSSR count). The molecule has 0 aliphatic rings. The van der Waals surface area contributed by atoms with E-state index in [0.29, 0.717) is 17.2 Å². The monoisotopic (exact) mass is 416 g/mol. The lowest BCUT2D eigenvalue weighted by Crippen LogP contribution is -2.07. The Hall–Kier alpha value is -3.93. The highest BCUT2D eigenvalue weighted by Gasteiger charge is 2.21. The number of aromatic hydroxyl groups is 1. The number of anilines is 1. The van der Waals surface area contributed by atoms with Crippen LogP contribution in [-0.4, -0.2) is 38.4 Å². The maximum absolute atomic E-state index is 10.2. The summed E-state index contributed by atoms with van der Waals surface area (Å²) in [5.41, 5.74) is 4.34. The Balaban J connectivity index is 1.88. The Morgan fingerprint density at radius 2 is 1.42 bits per heavy atom. The lowest BCUT2D eigenvalue weighted by Gasteiger charge is -2.12. The molecule has 0 radical (unpaired) electrons. The van der Waals surface area contributed by atoms with Crippen molar-refractivity contribution in [3.05, 3.63) is 66.7 Å². The van der Waals surface area contributed by atoms with E-state index in [1.54, 1.807) is 12.1 Å². The maximum atomic E-state index is 10.2. The van der Waals surface area contributed by atoms with Gasteiger partial charge in [-0.05, 0) is 24.3 Å². The van der Waals surface area contributed by atoms with Gasteiger partial charge in [-0.15, -0.1) is 0 Å². The van der Waals surface area contributed by atoms with Crippen LogP contribution in [0, 0.1) is 0 Å². The van der Waals surface area contributed by atoms with Crippen LogP contribution in [0.1, 0.15) is 0 Å². The second-order valence-electron chi connectivity index (χ2n) is 7.23. The first-order valence-electron chi connectivity index (χ1n) is 9.81. The largest absolute Gasteiger partial charge is 0.502 e. The molecule has 0 spiro atoms. The second-order valence-corrected chi connectivity index (χ2v) is 7.23. The summed E-state index contributed by atoms with van der Waals surface area (Å²) in [6, 6.07) is 21.4. The molecule has 0 atom stereocenters. The fourth-order valence-electron chi connectivity index (χ4n) is 3.36. The molecule has 0 saturated carbocycles. The van der Waals surface area contributed by atoms with Crippen LogP contribution in [0.25, 0.3) is 34.0 Å². The number of oxazole rings is 1. The van der Waals surface area contributed by atoms with Gasteiger partial charge in [0, 0.05) is 36.5 Å². The Kier molecular flexibility index (Phi) is 5.54. The third kappa shape index (κ3) is 3.92. The third-order valence-corrected chi connectivity index (χ3v) is 5.05. The van der Waals surface area contributed by atoms with E-state index in [1.807, 2.05) is 73.6 Å². The predicted octanol–water partition coefficient (Wildman–Crippen LogP) is 5.46. The summed E-state index contributed by atoms with van der Waals surface area (Å²) in [6.45, 7) is 0. The minimum absolute atomic E-state index is 0.0666. The molecule has 0 aliphatic heterocycles. The first kappa shape index (κ1) is 20.3. The van der Waals surface area contributed by atoms with E-state index in [2.05, 4.69) is 0 Å². The molecule has 3 aromatic carbocycles. The highest BCUT2D eigenvalue weighted by molar-refractivity contribution is 5.80. The highest BCUT2D eigenvalue weighted by atomic mass is 16.5. The molecule has 1 N–H and O–H groups in total. The van der Waals surface area contributed by atoms with Gasteiger partial charge in [0.15, 0.2) is 17.3 Å². The zero-order valence-electron chi connectivity index (χ0n) is 17.9. The zero-order valence-corrected chi connectivity index (χ0v) is 17.9. The summed E-state index contributed by atoms with van der Waals surface area (Å²) >= 11 is 0. The zero-order chi connectivity index (χ0) is 22.0. The van der Waals surface area contributed by atoms with Crippen molar-refractivity contribution in [2.45, 2.75) is 0 Å². The molecule has 158 valence electrons. The quantitative estimate of drug-likeness (QED) is 0.450.